The van der Waals surface area contributed by atoms with Crippen LogP contribution in [0.4, 0.5) is 0 Å². The van der Waals surface area contributed by atoms with Crippen LogP contribution in [0.3, 0.4) is 0 Å². The fourth-order valence-electron chi connectivity index (χ4n) is 2.13. The SMILES string of the molecule is Cc1cn([C@@H]2COC(CO)(CO)C2)c(=O)[nH]c1=O. The molecular weight excluding hydrogens is 240 g/mol. The van der Waals surface area contributed by atoms with E-state index >= 15 is 0 Å². The lowest BCUT2D eigenvalue weighted by atomic mass is 10.00. The van der Waals surface area contributed by atoms with Crippen molar-refractivity contribution in [3.05, 3.63) is 32.6 Å². The lowest BCUT2D eigenvalue weighted by Crippen LogP contribution is -2.38. The number of aromatic amines is 1. The normalized spacial score (nSPS) is 22.3. The molecule has 1 saturated heterocycles. The van der Waals surface area contributed by atoms with E-state index in [1.807, 2.05) is 0 Å². The van der Waals surface area contributed by atoms with Gasteiger partial charge < -0.3 is 14.9 Å². The number of nitrogens with zero attached hydrogens (tertiary/aromatic N) is 1. The van der Waals surface area contributed by atoms with Gasteiger partial charge in [0.25, 0.3) is 5.56 Å². The summed E-state index contributed by atoms with van der Waals surface area (Å²) in [5, 5.41) is 18.4. The highest BCUT2D eigenvalue weighted by atomic mass is 16.5. The Morgan fingerprint density at radius 3 is 2.72 bits per heavy atom. The average molecular weight is 256 g/mol. The third-order valence-electron chi connectivity index (χ3n) is 3.31. The summed E-state index contributed by atoms with van der Waals surface area (Å²) >= 11 is 0. The van der Waals surface area contributed by atoms with Gasteiger partial charge in [-0.1, -0.05) is 0 Å². The number of aliphatic hydroxyl groups excluding tert-OH is 2. The predicted octanol–water partition coefficient (Wildman–Crippen LogP) is -1.47. The first-order valence-corrected chi connectivity index (χ1v) is 5.69. The Morgan fingerprint density at radius 1 is 1.50 bits per heavy atom. The van der Waals surface area contributed by atoms with Crippen molar-refractivity contribution in [1.82, 2.24) is 9.55 Å². The van der Waals surface area contributed by atoms with Gasteiger partial charge in [0.05, 0.1) is 25.9 Å². The quantitative estimate of drug-likeness (QED) is 0.612. The lowest BCUT2D eigenvalue weighted by molar-refractivity contribution is -0.0719. The summed E-state index contributed by atoms with van der Waals surface area (Å²) in [7, 11) is 0. The molecule has 0 aliphatic carbocycles. The summed E-state index contributed by atoms with van der Waals surface area (Å²) in [4.78, 5) is 25.2. The van der Waals surface area contributed by atoms with Gasteiger partial charge in [0.2, 0.25) is 0 Å². The van der Waals surface area contributed by atoms with Gasteiger partial charge in [0.15, 0.2) is 0 Å². The Balaban J connectivity index is 2.33. The number of ether oxygens (including phenoxy) is 1. The zero-order valence-electron chi connectivity index (χ0n) is 10.0. The number of hydrogen-bond donors (Lipinski definition) is 3. The van der Waals surface area contributed by atoms with Gasteiger partial charge in [0, 0.05) is 18.2 Å². The minimum atomic E-state index is -1.01. The Morgan fingerprint density at radius 2 is 2.17 bits per heavy atom. The number of rotatable bonds is 3. The molecule has 0 bridgehead atoms. The molecule has 1 aliphatic heterocycles. The molecule has 2 rings (SSSR count). The highest BCUT2D eigenvalue weighted by Crippen LogP contribution is 2.31. The van der Waals surface area contributed by atoms with Gasteiger partial charge in [-0.3, -0.25) is 14.3 Å². The highest BCUT2D eigenvalue weighted by molar-refractivity contribution is 5.03. The van der Waals surface area contributed by atoms with E-state index in [9.17, 15) is 19.8 Å². The number of H-pyrrole nitrogens is 1. The van der Waals surface area contributed by atoms with Crippen LogP contribution in [0.5, 0.6) is 0 Å². The van der Waals surface area contributed by atoms with Crippen LogP contribution in [0.1, 0.15) is 18.0 Å². The Bertz CT molecular complexity index is 543. The second-order valence-electron chi connectivity index (χ2n) is 4.65. The second kappa shape index (κ2) is 4.68. The van der Waals surface area contributed by atoms with Crippen molar-refractivity contribution in [3.8, 4) is 0 Å². The summed E-state index contributed by atoms with van der Waals surface area (Å²) < 4.78 is 6.76. The van der Waals surface area contributed by atoms with Crippen LogP contribution in [0.15, 0.2) is 15.8 Å². The van der Waals surface area contributed by atoms with Crippen LogP contribution in [0.2, 0.25) is 0 Å². The standard InChI is InChI=1S/C11H16N2O5/c1-7-3-13(10(17)12-9(7)16)8-2-11(5-14,6-15)18-4-8/h3,8,14-15H,2,4-6H2,1H3,(H,12,16,17)/t8-/m0/s1. The summed E-state index contributed by atoms with van der Waals surface area (Å²) in [5.41, 5.74) is -1.49. The van der Waals surface area contributed by atoms with Gasteiger partial charge in [-0.05, 0) is 6.92 Å². The van der Waals surface area contributed by atoms with Gasteiger partial charge in [-0.2, -0.15) is 0 Å². The molecule has 3 N–H and O–H groups in total. The van der Waals surface area contributed by atoms with E-state index in [1.165, 1.54) is 10.8 Å². The first-order chi connectivity index (χ1) is 8.51. The fraction of sp³-hybridized carbons (Fsp3) is 0.636. The van der Waals surface area contributed by atoms with Gasteiger partial charge in [-0.15, -0.1) is 0 Å². The molecule has 1 aliphatic rings. The van der Waals surface area contributed by atoms with Crippen LogP contribution in [0, 0.1) is 6.92 Å². The second-order valence-corrected chi connectivity index (χ2v) is 4.65. The summed E-state index contributed by atoms with van der Waals surface area (Å²) in [5.74, 6) is 0. The average Bonchev–Trinajstić information content (AvgIpc) is 2.79. The maximum atomic E-state index is 11.7. The minimum Gasteiger partial charge on any atom is -0.393 e. The molecular formula is C11H16N2O5. The zero-order valence-corrected chi connectivity index (χ0v) is 10.0. The van der Waals surface area contributed by atoms with E-state index in [1.54, 1.807) is 6.92 Å². The third kappa shape index (κ3) is 2.12. The molecule has 1 aromatic heterocycles. The van der Waals surface area contributed by atoms with Crippen molar-refractivity contribution >= 4 is 0 Å². The van der Waals surface area contributed by atoms with Crippen LogP contribution in [-0.4, -0.2) is 45.2 Å². The molecule has 0 aromatic carbocycles. The number of aryl methyl sites for hydroxylation is 1. The number of nitrogens with one attached hydrogen (secondary N) is 1. The Labute approximate surface area is 103 Å². The van der Waals surface area contributed by atoms with Gasteiger partial charge in [-0.25, -0.2) is 4.79 Å². The van der Waals surface area contributed by atoms with Crippen LogP contribution in [0.25, 0.3) is 0 Å². The van der Waals surface area contributed by atoms with E-state index in [-0.39, 0.29) is 25.9 Å². The molecule has 7 heteroatoms. The molecule has 1 fully saturated rings. The monoisotopic (exact) mass is 256 g/mol. The molecule has 0 amide bonds. The Hall–Kier alpha value is -1.44. The van der Waals surface area contributed by atoms with E-state index in [2.05, 4.69) is 4.98 Å². The lowest BCUT2D eigenvalue weighted by Gasteiger charge is -2.22. The molecule has 2 heterocycles. The van der Waals surface area contributed by atoms with Crippen molar-refractivity contribution in [2.24, 2.45) is 0 Å². The fourth-order valence-corrected chi connectivity index (χ4v) is 2.13. The van der Waals surface area contributed by atoms with Gasteiger partial charge in [0.1, 0.15) is 5.60 Å². The molecule has 0 unspecified atom stereocenters. The molecule has 0 radical (unpaired) electrons. The number of hydrogen-bond acceptors (Lipinski definition) is 5. The zero-order chi connectivity index (χ0) is 13.3. The highest BCUT2D eigenvalue weighted by Gasteiger charge is 2.40. The molecule has 7 nitrogen and oxygen atoms in total. The molecule has 18 heavy (non-hydrogen) atoms. The van der Waals surface area contributed by atoms with Crippen molar-refractivity contribution < 1.29 is 14.9 Å². The van der Waals surface area contributed by atoms with E-state index in [0.717, 1.165) is 0 Å². The van der Waals surface area contributed by atoms with Crippen molar-refractivity contribution in [2.45, 2.75) is 25.0 Å². The van der Waals surface area contributed by atoms with E-state index in [0.29, 0.717) is 12.0 Å². The Kier molecular flexibility index (Phi) is 3.38. The first-order valence-electron chi connectivity index (χ1n) is 5.69. The summed E-state index contributed by atoms with van der Waals surface area (Å²) in [6.07, 6.45) is 1.80. The number of aromatic nitrogens is 2. The minimum absolute atomic E-state index is 0.215. The third-order valence-corrected chi connectivity index (χ3v) is 3.31. The predicted molar refractivity (Wildman–Crippen MR) is 62.6 cm³/mol. The van der Waals surface area contributed by atoms with Crippen molar-refractivity contribution in [1.29, 1.82) is 0 Å². The first kappa shape index (κ1) is 13.0. The number of aliphatic hydroxyl groups is 2. The molecule has 0 spiro atoms. The van der Waals surface area contributed by atoms with Crippen LogP contribution >= 0.6 is 0 Å². The van der Waals surface area contributed by atoms with Crippen molar-refractivity contribution in [2.75, 3.05) is 19.8 Å². The molecule has 100 valence electrons. The molecule has 0 saturated carbocycles. The molecule has 1 aromatic rings. The van der Waals surface area contributed by atoms with Gasteiger partial charge >= 0.3 is 5.69 Å². The van der Waals surface area contributed by atoms with Crippen molar-refractivity contribution in [3.63, 3.8) is 0 Å². The maximum Gasteiger partial charge on any atom is 0.328 e. The van der Waals surface area contributed by atoms with Crippen LogP contribution in [-0.2, 0) is 4.74 Å². The smallest absolute Gasteiger partial charge is 0.328 e. The topological polar surface area (TPSA) is 105 Å². The molecule has 1 atom stereocenters. The van der Waals surface area contributed by atoms with Crippen LogP contribution < -0.4 is 11.2 Å². The van der Waals surface area contributed by atoms with E-state index < -0.39 is 16.9 Å². The van der Waals surface area contributed by atoms with E-state index in [4.69, 9.17) is 4.74 Å². The summed E-state index contributed by atoms with van der Waals surface area (Å²) in [6.45, 7) is 1.20. The maximum absolute atomic E-state index is 11.7. The largest absolute Gasteiger partial charge is 0.393 e. The summed E-state index contributed by atoms with van der Waals surface area (Å²) in [6, 6.07) is -0.299.